The molecule has 0 spiro atoms. The Hall–Kier alpha value is -3.18. The third-order valence-electron chi connectivity index (χ3n) is 5.71. The summed E-state index contributed by atoms with van der Waals surface area (Å²) in [5.41, 5.74) is 7.94. The summed E-state index contributed by atoms with van der Waals surface area (Å²) in [6, 6.07) is 4.46. The zero-order valence-corrected chi connectivity index (χ0v) is 19.9. The number of benzene rings is 1. The highest BCUT2D eigenvalue weighted by atomic mass is 35.5. The van der Waals surface area contributed by atoms with Crippen molar-refractivity contribution in [3.8, 4) is 17.0 Å². The zero-order valence-electron chi connectivity index (χ0n) is 18.3. The van der Waals surface area contributed by atoms with Gasteiger partial charge in [0.25, 0.3) is 6.43 Å². The molecule has 9 nitrogen and oxygen atoms in total. The highest BCUT2D eigenvalue weighted by molar-refractivity contribution is 6.37. The van der Waals surface area contributed by atoms with Crippen molar-refractivity contribution in [3.05, 3.63) is 51.4 Å². The van der Waals surface area contributed by atoms with E-state index in [0.717, 1.165) is 12.8 Å². The van der Waals surface area contributed by atoms with E-state index in [9.17, 15) is 13.6 Å². The van der Waals surface area contributed by atoms with Gasteiger partial charge in [-0.1, -0.05) is 23.2 Å². The van der Waals surface area contributed by atoms with E-state index in [0.29, 0.717) is 39.8 Å². The smallest absolute Gasteiger partial charge is 0.318 e. The number of nitrogens with one attached hydrogen (secondary N) is 1. The SMILES string of the molecule is Nc1nc2c(c(-c3c(Cl)cc(Cl)cc3OCCn3ccc(C(F)F)n3)n1)CN(C(=O)NC1CC1)C2. The predicted molar refractivity (Wildman–Crippen MR) is 125 cm³/mol. The van der Waals surface area contributed by atoms with E-state index < -0.39 is 6.43 Å². The minimum Gasteiger partial charge on any atom is -0.491 e. The molecule has 0 bridgehead atoms. The van der Waals surface area contributed by atoms with E-state index in [1.807, 2.05) is 0 Å². The molecule has 0 atom stereocenters. The fraction of sp³-hybridized carbons (Fsp3) is 0.364. The molecule has 35 heavy (non-hydrogen) atoms. The molecule has 2 amide bonds. The van der Waals surface area contributed by atoms with Crippen molar-refractivity contribution in [3.63, 3.8) is 0 Å². The van der Waals surface area contributed by atoms with Crippen LogP contribution in [0.4, 0.5) is 19.5 Å². The van der Waals surface area contributed by atoms with Crippen molar-refractivity contribution in [2.75, 3.05) is 12.3 Å². The maximum absolute atomic E-state index is 12.8. The number of nitrogen functional groups attached to an aromatic ring is 1. The van der Waals surface area contributed by atoms with Crippen molar-refractivity contribution in [2.24, 2.45) is 0 Å². The molecule has 1 saturated carbocycles. The number of carbonyl (C=O) groups excluding carboxylic acids is 1. The van der Waals surface area contributed by atoms with Gasteiger partial charge in [0.2, 0.25) is 5.95 Å². The summed E-state index contributed by atoms with van der Waals surface area (Å²) in [7, 11) is 0. The molecule has 3 N–H and O–H groups in total. The molecule has 13 heteroatoms. The lowest BCUT2D eigenvalue weighted by Crippen LogP contribution is -2.37. The molecular weight excluding hydrogens is 503 g/mol. The number of rotatable bonds is 7. The summed E-state index contributed by atoms with van der Waals surface area (Å²) in [4.78, 5) is 23.0. The number of hydrogen-bond donors (Lipinski definition) is 2. The monoisotopic (exact) mass is 523 g/mol. The average Bonchev–Trinajstić information content (AvgIpc) is 3.29. The molecule has 1 aliphatic heterocycles. The molecule has 2 aromatic heterocycles. The maximum atomic E-state index is 12.8. The van der Waals surface area contributed by atoms with Crippen molar-refractivity contribution in [2.45, 2.75) is 44.9 Å². The first kappa shape index (κ1) is 23.6. The van der Waals surface area contributed by atoms with Gasteiger partial charge in [0.1, 0.15) is 18.1 Å². The Morgan fingerprint density at radius 2 is 2.06 bits per heavy atom. The Kier molecular flexibility index (Phi) is 6.37. The summed E-state index contributed by atoms with van der Waals surface area (Å²) >= 11 is 12.8. The van der Waals surface area contributed by atoms with Crippen LogP contribution >= 0.6 is 23.2 Å². The number of nitrogens with zero attached hydrogens (tertiary/aromatic N) is 5. The molecule has 3 heterocycles. The lowest BCUT2D eigenvalue weighted by atomic mass is 10.0. The topological polar surface area (TPSA) is 111 Å². The van der Waals surface area contributed by atoms with Crippen molar-refractivity contribution < 1.29 is 18.3 Å². The molecule has 0 saturated heterocycles. The second-order valence-corrected chi connectivity index (χ2v) is 9.19. The van der Waals surface area contributed by atoms with Gasteiger partial charge in [-0.3, -0.25) is 4.68 Å². The standard InChI is InChI=1S/C22H21Cl2F2N7O2/c23-11-7-14(24)18(17(8-11)35-6-5-33-4-3-15(31-33)20(25)26)19-13-9-32(22(34)28-12-1-2-12)10-16(13)29-21(27)30-19/h3-4,7-8,12,20H,1-2,5-6,9-10H2,(H,28,34)(H2,27,29,30). The number of fused-ring (bicyclic) bond motifs is 1. The molecule has 5 rings (SSSR count). The Bertz CT molecular complexity index is 1280. The number of alkyl halides is 2. The lowest BCUT2D eigenvalue weighted by molar-refractivity contribution is 0.144. The van der Waals surface area contributed by atoms with Crippen molar-refractivity contribution in [1.82, 2.24) is 30.0 Å². The number of urea groups is 1. The molecule has 2 aliphatic rings. The highest BCUT2D eigenvalue weighted by Gasteiger charge is 2.33. The Labute approximate surface area is 209 Å². The number of halogens is 4. The Morgan fingerprint density at radius 3 is 2.77 bits per heavy atom. The minimum absolute atomic E-state index is 0.0382. The zero-order chi connectivity index (χ0) is 24.7. The fourth-order valence-corrected chi connectivity index (χ4v) is 4.44. The van der Waals surface area contributed by atoms with Gasteiger partial charge in [0.15, 0.2) is 0 Å². The molecule has 0 unspecified atom stereocenters. The number of carbonyl (C=O) groups is 1. The molecule has 0 radical (unpaired) electrons. The molecule has 184 valence electrons. The van der Waals surface area contributed by atoms with Crippen LogP contribution in [0.5, 0.6) is 5.75 Å². The first-order chi connectivity index (χ1) is 16.8. The summed E-state index contributed by atoms with van der Waals surface area (Å²) in [6.45, 7) is 0.897. The van der Waals surface area contributed by atoms with Crippen LogP contribution in [0.1, 0.15) is 36.2 Å². The maximum Gasteiger partial charge on any atom is 0.318 e. The van der Waals surface area contributed by atoms with Gasteiger partial charge in [-0.25, -0.2) is 23.5 Å². The van der Waals surface area contributed by atoms with E-state index in [2.05, 4.69) is 20.4 Å². The van der Waals surface area contributed by atoms with Crippen LogP contribution in [0.3, 0.4) is 0 Å². The summed E-state index contributed by atoms with van der Waals surface area (Å²) in [5, 5.41) is 7.42. The largest absolute Gasteiger partial charge is 0.491 e. The van der Waals surface area contributed by atoms with Crippen LogP contribution in [0.2, 0.25) is 10.0 Å². The number of aromatic nitrogens is 4. The highest BCUT2D eigenvalue weighted by Crippen LogP contribution is 2.42. The molecule has 1 fully saturated rings. The van der Waals surface area contributed by atoms with Gasteiger partial charge in [0.05, 0.1) is 41.6 Å². The van der Waals surface area contributed by atoms with Crippen molar-refractivity contribution >= 4 is 35.2 Å². The number of nitrogens with two attached hydrogens (primary N) is 1. The quantitative estimate of drug-likeness (QED) is 0.473. The van der Waals surface area contributed by atoms with E-state index >= 15 is 0 Å². The van der Waals surface area contributed by atoms with Crippen LogP contribution in [0, 0.1) is 0 Å². The number of amides is 2. The second kappa shape index (κ2) is 9.46. The number of hydrogen-bond acceptors (Lipinski definition) is 6. The summed E-state index contributed by atoms with van der Waals surface area (Å²) in [5.74, 6) is 0.376. The Morgan fingerprint density at radius 1 is 1.26 bits per heavy atom. The third-order valence-corrected chi connectivity index (χ3v) is 6.23. The minimum atomic E-state index is -2.65. The van der Waals surface area contributed by atoms with Gasteiger partial charge >= 0.3 is 6.03 Å². The van der Waals surface area contributed by atoms with Gasteiger partial charge in [-0.2, -0.15) is 5.10 Å². The van der Waals surface area contributed by atoms with Gasteiger partial charge in [-0.05, 0) is 31.0 Å². The molecule has 1 aromatic carbocycles. The average molecular weight is 524 g/mol. The van der Waals surface area contributed by atoms with E-state index in [-0.39, 0.29) is 48.4 Å². The van der Waals surface area contributed by atoms with Crippen LogP contribution < -0.4 is 15.8 Å². The predicted octanol–water partition coefficient (Wildman–Crippen LogP) is 4.43. The third kappa shape index (κ3) is 5.10. The second-order valence-electron chi connectivity index (χ2n) is 8.35. The lowest BCUT2D eigenvalue weighted by Gasteiger charge is -2.17. The van der Waals surface area contributed by atoms with E-state index in [1.54, 1.807) is 17.0 Å². The normalized spacial score (nSPS) is 14.9. The van der Waals surface area contributed by atoms with E-state index in [1.165, 1.54) is 16.9 Å². The van der Waals surface area contributed by atoms with E-state index in [4.69, 9.17) is 33.7 Å². The van der Waals surface area contributed by atoms with Crippen LogP contribution in [-0.4, -0.2) is 43.3 Å². The van der Waals surface area contributed by atoms with Gasteiger partial charge < -0.3 is 20.7 Å². The van der Waals surface area contributed by atoms with Gasteiger partial charge in [-0.15, -0.1) is 0 Å². The van der Waals surface area contributed by atoms with Crippen molar-refractivity contribution in [1.29, 1.82) is 0 Å². The molecule has 1 aliphatic carbocycles. The molecular formula is C22H21Cl2F2N7O2. The summed E-state index contributed by atoms with van der Waals surface area (Å²) < 4.78 is 32.9. The summed E-state index contributed by atoms with van der Waals surface area (Å²) in [6.07, 6.45) is 0.767. The van der Waals surface area contributed by atoms with Crippen LogP contribution in [0.25, 0.3) is 11.3 Å². The van der Waals surface area contributed by atoms with Gasteiger partial charge in [0, 0.05) is 22.8 Å². The van der Waals surface area contributed by atoms with Crippen LogP contribution in [0.15, 0.2) is 24.4 Å². The number of ether oxygens (including phenoxy) is 1. The first-order valence-electron chi connectivity index (χ1n) is 10.9. The van der Waals surface area contributed by atoms with Crippen LogP contribution in [-0.2, 0) is 19.6 Å². The first-order valence-corrected chi connectivity index (χ1v) is 11.7. The Balaban J connectivity index is 1.41. The fourth-order valence-electron chi connectivity index (χ4n) is 3.88. The number of anilines is 1. The molecule has 3 aromatic rings.